The number of thioether (sulfide) groups is 2. The summed E-state index contributed by atoms with van der Waals surface area (Å²) in [6.07, 6.45) is 3.84. The molecule has 0 spiro atoms. The highest BCUT2D eigenvalue weighted by Crippen LogP contribution is 2.46. The van der Waals surface area contributed by atoms with E-state index in [1.165, 1.54) is 0 Å². The summed E-state index contributed by atoms with van der Waals surface area (Å²) in [5.41, 5.74) is 0.720. The molecule has 142 valence electrons. The first-order chi connectivity index (χ1) is 13.2. The van der Waals surface area contributed by atoms with Crippen LogP contribution in [0.4, 0.5) is 0 Å². The van der Waals surface area contributed by atoms with Crippen molar-refractivity contribution >= 4 is 35.3 Å². The topological polar surface area (TPSA) is 78.6 Å². The molecule has 4 rings (SSSR count). The molecule has 1 aliphatic heterocycles. The van der Waals surface area contributed by atoms with Crippen molar-refractivity contribution in [1.29, 1.82) is 0 Å². The summed E-state index contributed by atoms with van der Waals surface area (Å²) in [5, 5.41) is 3.88. The smallest absolute Gasteiger partial charge is 0.361 e. The Hall–Kier alpha value is -1.93. The fourth-order valence-corrected chi connectivity index (χ4v) is 4.67. The third-order valence-corrected chi connectivity index (χ3v) is 6.31. The van der Waals surface area contributed by atoms with E-state index >= 15 is 0 Å². The number of rotatable bonds is 6. The van der Waals surface area contributed by atoms with Gasteiger partial charge in [0.15, 0.2) is 11.5 Å². The second kappa shape index (κ2) is 7.59. The van der Waals surface area contributed by atoms with Gasteiger partial charge in [0, 0.05) is 17.2 Å². The van der Waals surface area contributed by atoms with Crippen LogP contribution in [0.3, 0.4) is 0 Å². The lowest BCUT2D eigenvalue weighted by molar-refractivity contribution is 0.0512. The average Bonchev–Trinajstić information content (AvgIpc) is 3.44. The van der Waals surface area contributed by atoms with Gasteiger partial charge in [0.05, 0.1) is 23.0 Å². The number of carbonyl (C=O) groups excluding carboxylic acids is 2. The van der Waals surface area contributed by atoms with Crippen molar-refractivity contribution in [2.45, 2.75) is 35.5 Å². The predicted octanol–water partition coefficient (Wildman–Crippen LogP) is 4.17. The number of aromatic nitrogens is 1. The zero-order valence-corrected chi connectivity index (χ0v) is 16.7. The van der Waals surface area contributed by atoms with E-state index in [9.17, 15) is 9.59 Å². The summed E-state index contributed by atoms with van der Waals surface area (Å²) in [7, 11) is 0. The number of benzene rings is 1. The van der Waals surface area contributed by atoms with Gasteiger partial charge < -0.3 is 14.0 Å². The van der Waals surface area contributed by atoms with E-state index in [1.807, 2.05) is 12.3 Å². The summed E-state index contributed by atoms with van der Waals surface area (Å²) < 4.78 is 16.3. The Morgan fingerprint density at radius 3 is 2.89 bits per heavy atom. The fourth-order valence-electron chi connectivity index (χ4n) is 3.07. The number of esters is 1. The molecule has 1 aliphatic carbocycles. The van der Waals surface area contributed by atoms with E-state index < -0.39 is 5.97 Å². The Balaban J connectivity index is 1.82. The van der Waals surface area contributed by atoms with E-state index in [1.54, 1.807) is 36.5 Å². The third-order valence-electron chi connectivity index (χ3n) is 4.48. The van der Waals surface area contributed by atoms with Gasteiger partial charge in [0.2, 0.25) is 5.69 Å². The minimum Gasteiger partial charge on any atom is -0.490 e. The van der Waals surface area contributed by atoms with Crippen LogP contribution in [0.2, 0.25) is 0 Å². The van der Waals surface area contributed by atoms with Crippen LogP contribution in [0.1, 0.15) is 57.9 Å². The Bertz CT molecular complexity index is 904. The molecule has 8 heteroatoms. The van der Waals surface area contributed by atoms with E-state index in [0.29, 0.717) is 17.9 Å². The van der Waals surface area contributed by atoms with E-state index in [2.05, 4.69) is 5.16 Å². The summed E-state index contributed by atoms with van der Waals surface area (Å²) in [6, 6.07) is 3.68. The van der Waals surface area contributed by atoms with Crippen molar-refractivity contribution in [2.24, 2.45) is 0 Å². The van der Waals surface area contributed by atoms with Crippen LogP contribution in [0.5, 0.6) is 5.75 Å². The largest absolute Gasteiger partial charge is 0.490 e. The number of carbonyl (C=O) groups is 2. The third kappa shape index (κ3) is 3.36. The molecule has 1 fully saturated rings. The molecule has 1 aromatic heterocycles. The average molecular weight is 405 g/mol. The van der Waals surface area contributed by atoms with Gasteiger partial charge in [0.25, 0.3) is 0 Å². The van der Waals surface area contributed by atoms with Crippen LogP contribution in [0, 0.1) is 0 Å². The monoisotopic (exact) mass is 405 g/mol. The number of hydrogen-bond acceptors (Lipinski definition) is 8. The molecule has 2 aliphatic rings. The van der Waals surface area contributed by atoms with Crippen molar-refractivity contribution in [2.75, 3.05) is 25.2 Å². The van der Waals surface area contributed by atoms with Gasteiger partial charge in [-0.25, -0.2) is 4.79 Å². The summed E-state index contributed by atoms with van der Waals surface area (Å²) >= 11 is 3.18. The summed E-state index contributed by atoms with van der Waals surface area (Å²) in [5.74, 6) is 1.26. The Labute approximate surface area is 165 Å². The van der Waals surface area contributed by atoms with Crippen LogP contribution < -0.4 is 4.74 Å². The molecule has 0 amide bonds. The standard InChI is InChI=1S/C19H19NO5S2/c1-3-23-19(22)14-13(16(25-20-14)10-4-5-10)15(21)11-6-7-12(26-2)17-18(11)27-9-8-24-17/h6-7,10H,3-5,8-9H2,1-2H3. The Kier molecular flexibility index (Phi) is 5.19. The second-order valence-electron chi connectivity index (χ2n) is 6.26. The second-order valence-corrected chi connectivity index (χ2v) is 8.22. The lowest BCUT2D eigenvalue weighted by atomic mass is 9.99. The zero-order valence-electron chi connectivity index (χ0n) is 15.1. The molecule has 0 radical (unpaired) electrons. The van der Waals surface area contributed by atoms with Crippen LogP contribution in [0.25, 0.3) is 0 Å². The highest BCUT2D eigenvalue weighted by atomic mass is 32.2. The van der Waals surface area contributed by atoms with Gasteiger partial charge in [-0.15, -0.1) is 23.5 Å². The Morgan fingerprint density at radius 2 is 2.19 bits per heavy atom. The van der Waals surface area contributed by atoms with Gasteiger partial charge >= 0.3 is 5.97 Å². The van der Waals surface area contributed by atoms with Crippen LogP contribution in [-0.4, -0.2) is 42.1 Å². The van der Waals surface area contributed by atoms with E-state index in [0.717, 1.165) is 34.1 Å². The molecule has 0 bridgehead atoms. The number of ketones is 1. The Morgan fingerprint density at radius 1 is 1.37 bits per heavy atom. The SMILES string of the molecule is CCOC(=O)c1noc(C2CC2)c1C(=O)c1ccc(SC)c2c1SCCO2. The fraction of sp³-hybridized carbons (Fsp3) is 0.421. The number of hydrogen-bond donors (Lipinski definition) is 0. The predicted molar refractivity (Wildman–Crippen MR) is 102 cm³/mol. The quantitative estimate of drug-likeness (QED) is 0.403. The molecule has 0 unspecified atom stereocenters. The maximum atomic E-state index is 13.5. The molecular formula is C19H19NO5S2. The van der Waals surface area contributed by atoms with Gasteiger partial charge in [-0.2, -0.15) is 0 Å². The molecule has 2 aromatic rings. The van der Waals surface area contributed by atoms with E-state index in [-0.39, 0.29) is 29.6 Å². The zero-order chi connectivity index (χ0) is 19.0. The van der Waals surface area contributed by atoms with Crippen LogP contribution in [0.15, 0.2) is 26.4 Å². The van der Waals surface area contributed by atoms with Crippen molar-refractivity contribution in [1.82, 2.24) is 5.16 Å². The lowest BCUT2D eigenvalue weighted by Gasteiger charge is -2.21. The molecule has 2 heterocycles. The summed E-state index contributed by atoms with van der Waals surface area (Å²) in [4.78, 5) is 27.6. The molecule has 0 saturated heterocycles. The van der Waals surface area contributed by atoms with Crippen LogP contribution in [-0.2, 0) is 4.74 Å². The molecular weight excluding hydrogens is 386 g/mol. The molecule has 1 aromatic carbocycles. The number of ether oxygens (including phenoxy) is 2. The minimum atomic E-state index is -0.630. The molecule has 1 saturated carbocycles. The van der Waals surface area contributed by atoms with Crippen molar-refractivity contribution < 1.29 is 23.6 Å². The number of nitrogens with zero attached hydrogens (tertiary/aromatic N) is 1. The first-order valence-corrected chi connectivity index (χ1v) is 11.0. The number of fused-ring (bicyclic) bond motifs is 1. The lowest BCUT2D eigenvalue weighted by Crippen LogP contribution is -2.16. The first kappa shape index (κ1) is 18.4. The summed E-state index contributed by atoms with van der Waals surface area (Å²) in [6.45, 7) is 2.53. The maximum absolute atomic E-state index is 13.5. The molecule has 0 atom stereocenters. The van der Waals surface area contributed by atoms with Crippen molar-refractivity contribution in [3.05, 3.63) is 34.7 Å². The molecule has 27 heavy (non-hydrogen) atoms. The maximum Gasteiger partial charge on any atom is 0.361 e. The van der Waals surface area contributed by atoms with Crippen LogP contribution >= 0.6 is 23.5 Å². The normalized spacial score (nSPS) is 15.8. The van der Waals surface area contributed by atoms with Crippen molar-refractivity contribution in [3.8, 4) is 5.75 Å². The molecule has 0 N–H and O–H groups in total. The highest BCUT2D eigenvalue weighted by Gasteiger charge is 2.38. The highest BCUT2D eigenvalue weighted by molar-refractivity contribution is 8.00. The van der Waals surface area contributed by atoms with Crippen molar-refractivity contribution in [3.63, 3.8) is 0 Å². The molecule has 6 nitrogen and oxygen atoms in total. The van der Waals surface area contributed by atoms with Gasteiger partial charge in [-0.05, 0) is 38.2 Å². The van der Waals surface area contributed by atoms with Gasteiger partial charge in [-0.1, -0.05) is 5.16 Å². The van der Waals surface area contributed by atoms with E-state index in [4.69, 9.17) is 14.0 Å². The van der Waals surface area contributed by atoms with Gasteiger partial charge in [-0.3, -0.25) is 4.79 Å². The minimum absolute atomic E-state index is 0.0341. The van der Waals surface area contributed by atoms with Gasteiger partial charge in [0.1, 0.15) is 11.3 Å². The first-order valence-electron chi connectivity index (χ1n) is 8.83.